The fourth-order valence-electron chi connectivity index (χ4n) is 2.70. The molecule has 0 saturated carbocycles. The second-order valence-electron chi connectivity index (χ2n) is 6.17. The molecule has 2 amide bonds. The predicted molar refractivity (Wildman–Crippen MR) is 103 cm³/mol. The lowest BCUT2D eigenvalue weighted by atomic mass is 10.2. The Balaban J connectivity index is 1.59. The van der Waals surface area contributed by atoms with Crippen LogP contribution in [0.5, 0.6) is 0 Å². The number of aromatic nitrogens is 2. The van der Waals surface area contributed by atoms with Crippen LogP contribution < -0.4 is 0 Å². The van der Waals surface area contributed by atoms with Gasteiger partial charge < -0.3 is 14.5 Å². The van der Waals surface area contributed by atoms with Crippen molar-refractivity contribution < 1.29 is 14.3 Å². The van der Waals surface area contributed by atoms with Crippen LogP contribution in [0.2, 0.25) is 0 Å². The highest BCUT2D eigenvalue weighted by Gasteiger charge is 2.21. The summed E-state index contributed by atoms with van der Waals surface area (Å²) in [5.74, 6) is 0.115. The molecule has 0 aromatic carbocycles. The summed E-state index contributed by atoms with van der Waals surface area (Å²) in [4.78, 5) is 38.7. The third kappa shape index (κ3) is 4.16. The van der Waals surface area contributed by atoms with Crippen LogP contribution in [0.15, 0.2) is 11.4 Å². The van der Waals surface area contributed by atoms with Crippen molar-refractivity contribution in [3.8, 4) is 0 Å². The van der Waals surface area contributed by atoms with E-state index in [4.69, 9.17) is 4.74 Å². The number of likely N-dealkylation sites (N-methyl/N-ethyl adjacent to an activating group) is 1. The Bertz CT molecular complexity index is 818. The second kappa shape index (κ2) is 8.32. The molecule has 1 fully saturated rings. The molecule has 0 unspecified atom stereocenters. The zero-order valence-electron chi connectivity index (χ0n) is 15.2. The van der Waals surface area contributed by atoms with Gasteiger partial charge in [0.1, 0.15) is 16.2 Å². The number of morpholine rings is 1. The van der Waals surface area contributed by atoms with E-state index in [9.17, 15) is 9.59 Å². The Morgan fingerprint density at radius 3 is 2.77 bits per heavy atom. The molecule has 1 aliphatic heterocycles. The van der Waals surface area contributed by atoms with E-state index >= 15 is 0 Å². The Morgan fingerprint density at radius 1 is 1.31 bits per heavy atom. The van der Waals surface area contributed by atoms with Crippen LogP contribution in [-0.2, 0) is 14.3 Å². The first-order valence-electron chi connectivity index (χ1n) is 8.40. The molecule has 1 saturated heterocycles. The van der Waals surface area contributed by atoms with Gasteiger partial charge in [-0.2, -0.15) is 0 Å². The lowest BCUT2D eigenvalue weighted by molar-refractivity contribution is -0.140. The Labute approximate surface area is 160 Å². The molecular weight excluding hydrogens is 372 g/mol. The predicted octanol–water partition coefficient (Wildman–Crippen LogP) is 1.72. The molecule has 2 aromatic rings. The number of fused-ring (bicyclic) bond motifs is 1. The quantitative estimate of drug-likeness (QED) is 0.568. The Hall–Kier alpha value is -1.71. The fraction of sp³-hybridized carbons (Fsp3) is 0.529. The molecule has 0 N–H and O–H groups in total. The number of amides is 2. The Kier molecular flexibility index (Phi) is 6.10. The van der Waals surface area contributed by atoms with Gasteiger partial charge in [0.05, 0.1) is 25.5 Å². The van der Waals surface area contributed by atoms with Gasteiger partial charge in [-0.25, -0.2) is 9.97 Å². The van der Waals surface area contributed by atoms with E-state index in [-0.39, 0.29) is 24.1 Å². The number of aryl methyl sites for hydroxylation is 2. The molecular formula is C17H22N4O3S2. The van der Waals surface area contributed by atoms with Crippen molar-refractivity contribution >= 4 is 45.1 Å². The van der Waals surface area contributed by atoms with E-state index < -0.39 is 0 Å². The van der Waals surface area contributed by atoms with Crippen LogP contribution in [0.4, 0.5) is 0 Å². The first-order chi connectivity index (χ1) is 12.5. The van der Waals surface area contributed by atoms with E-state index in [0.29, 0.717) is 26.3 Å². The molecule has 140 valence electrons. The summed E-state index contributed by atoms with van der Waals surface area (Å²) in [7, 11) is 1.66. The number of nitrogens with zero attached hydrogens (tertiary/aromatic N) is 4. The summed E-state index contributed by atoms with van der Waals surface area (Å²) in [6, 6.07) is 0. The fourth-order valence-corrected chi connectivity index (χ4v) is 4.76. The van der Waals surface area contributed by atoms with E-state index in [1.54, 1.807) is 23.3 Å². The van der Waals surface area contributed by atoms with Gasteiger partial charge in [-0.3, -0.25) is 9.59 Å². The van der Waals surface area contributed by atoms with Crippen LogP contribution in [0.3, 0.4) is 0 Å². The highest BCUT2D eigenvalue weighted by atomic mass is 32.2. The maximum atomic E-state index is 12.4. The topological polar surface area (TPSA) is 75.6 Å². The summed E-state index contributed by atoms with van der Waals surface area (Å²) in [5.41, 5.74) is 1.16. The van der Waals surface area contributed by atoms with E-state index in [0.717, 1.165) is 20.8 Å². The van der Waals surface area contributed by atoms with Crippen molar-refractivity contribution in [2.45, 2.75) is 18.9 Å². The minimum absolute atomic E-state index is 0.0390. The standard InChI is InChI=1S/C17H22N4O3S2/c1-11-12(2)26-17-15(11)16(18-10-19-17)25-9-14(23)20(3)8-13(22)21-4-6-24-7-5-21/h10H,4-9H2,1-3H3. The highest BCUT2D eigenvalue weighted by Crippen LogP contribution is 2.34. The summed E-state index contributed by atoms with van der Waals surface area (Å²) >= 11 is 3.03. The van der Waals surface area contributed by atoms with Gasteiger partial charge in [-0.1, -0.05) is 11.8 Å². The molecule has 0 radical (unpaired) electrons. The van der Waals surface area contributed by atoms with Gasteiger partial charge in [0.15, 0.2) is 0 Å². The second-order valence-corrected chi connectivity index (χ2v) is 8.34. The molecule has 26 heavy (non-hydrogen) atoms. The third-order valence-corrected chi connectivity index (χ3v) is 6.51. The highest BCUT2D eigenvalue weighted by molar-refractivity contribution is 8.00. The number of ether oxygens (including phenoxy) is 1. The maximum Gasteiger partial charge on any atom is 0.242 e. The van der Waals surface area contributed by atoms with E-state index in [1.807, 2.05) is 0 Å². The van der Waals surface area contributed by atoms with Gasteiger partial charge in [-0.05, 0) is 19.4 Å². The van der Waals surface area contributed by atoms with E-state index in [2.05, 4.69) is 23.8 Å². The minimum Gasteiger partial charge on any atom is -0.378 e. The minimum atomic E-state index is -0.0898. The largest absolute Gasteiger partial charge is 0.378 e. The number of carbonyl (C=O) groups excluding carboxylic acids is 2. The Morgan fingerprint density at radius 2 is 2.04 bits per heavy atom. The van der Waals surface area contributed by atoms with Crippen molar-refractivity contribution in [2.24, 2.45) is 0 Å². The van der Waals surface area contributed by atoms with Crippen LogP contribution in [0.25, 0.3) is 10.2 Å². The van der Waals surface area contributed by atoms with Crippen molar-refractivity contribution in [2.75, 3.05) is 45.6 Å². The van der Waals surface area contributed by atoms with Gasteiger partial charge in [0, 0.05) is 30.4 Å². The third-order valence-electron chi connectivity index (χ3n) is 4.42. The molecule has 0 bridgehead atoms. The molecule has 0 spiro atoms. The molecule has 1 aliphatic rings. The van der Waals surface area contributed by atoms with Crippen LogP contribution >= 0.6 is 23.1 Å². The van der Waals surface area contributed by atoms with Crippen molar-refractivity contribution in [3.63, 3.8) is 0 Å². The monoisotopic (exact) mass is 394 g/mol. The van der Waals surface area contributed by atoms with Gasteiger partial charge in [0.25, 0.3) is 0 Å². The molecule has 3 heterocycles. The number of hydrogen-bond acceptors (Lipinski definition) is 7. The lowest BCUT2D eigenvalue weighted by Crippen LogP contribution is -2.46. The summed E-state index contributed by atoms with van der Waals surface area (Å²) in [5, 5.41) is 1.85. The number of rotatable bonds is 5. The molecule has 0 aliphatic carbocycles. The summed E-state index contributed by atoms with van der Waals surface area (Å²) in [6.45, 7) is 6.50. The van der Waals surface area contributed by atoms with Gasteiger partial charge in [0.2, 0.25) is 11.8 Å². The van der Waals surface area contributed by atoms with Crippen molar-refractivity contribution in [1.29, 1.82) is 0 Å². The van der Waals surface area contributed by atoms with Gasteiger partial charge in [-0.15, -0.1) is 11.3 Å². The summed E-state index contributed by atoms with van der Waals surface area (Å²) in [6.07, 6.45) is 1.54. The zero-order valence-corrected chi connectivity index (χ0v) is 16.8. The normalized spacial score (nSPS) is 14.7. The molecule has 0 atom stereocenters. The van der Waals surface area contributed by atoms with Crippen LogP contribution in [-0.4, -0.2) is 77.2 Å². The molecule has 7 nitrogen and oxygen atoms in total. The molecule has 3 rings (SSSR count). The van der Waals surface area contributed by atoms with Crippen molar-refractivity contribution in [3.05, 3.63) is 16.8 Å². The van der Waals surface area contributed by atoms with Gasteiger partial charge >= 0.3 is 0 Å². The average Bonchev–Trinajstić information content (AvgIpc) is 2.95. The molecule has 9 heteroatoms. The zero-order chi connectivity index (χ0) is 18.7. The van der Waals surface area contributed by atoms with Crippen molar-refractivity contribution in [1.82, 2.24) is 19.8 Å². The van der Waals surface area contributed by atoms with Crippen LogP contribution in [0, 0.1) is 13.8 Å². The SMILES string of the molecule is Cc1sc2ncnc(SCC(=O)N(C)CC(=O)N3CCOCC3)c2c1C. The lowest BCUT2D eigenvalue weighted by Gasteiger charge is -2.28. The number of thiophene rings is 1. The molecule has 2 aromatic heterocycles. The first kappa shape index (κ1) is 19.1. The summed E-state index contributed by atoms with van der Waals surface area (Å²) < 4.78 is 5.25. The van der Waals surface area contributed by atoms with Crippen LogP contribution in [0.1, 0.15) is 10.4 Å². The number of carbonyl (C=O) groups is 2. The first-order valence-corrected chi connectivity index (χ1v) is 10.2. The maximum absolute atomic E-state index is 12.4. The van der Waals surface area contributed by atoms with E-state index in [1.165, 1.54) is 27.9 Å². The number of hydrogen-bond donors (Lipinski definition) is 0. The average molecular weight is 395 g/mol. The number of thioether (sulfide) groups is 1. The smallest absolute Gasteiger partial charge is 0.242 e.